The van der Waals surface area contributed by atoms with Gasteiger partial charge >= 0.3 is 0 Å². The molecule has 2 aromatic heterocycles. The summed E-state index contributed by atoms with van der Waals surface area (Å²) in [5.74, 6) is -1.81. The van der Waals surface area contributed by atoms with E-state index in [2.05, 4.69) is 0 Å². The molecule has 5 rings (SSSR count). The summed E-state index contributed by atoms with van der Waals surface area (Å²) in [6.45, 7) is 1.06. The molecule has 0 N–H and O–H groups in total. The van der Waals surface area contributed by atoms with Crippen molar-refractivity contribution in [3.63, 3.8) is 0 Å². The number of likely N-dealkylation sites (N-methyl/N-ethyl adjacent to an activating group) is 1. The molecule has 6 nitrogen and oxygen atoms in total. The fourth-order valence-electron chi connectivity index (χ4n) is 4.31. The summed E-state index contributed by atoms with van der Waals surface area (Å²) in [6.07, 6.45) is 2.57. The van der Waals surface area contributed by atoms with Crippen LogP contribution in [0.15, 0.2) is 56.5 Å². The summed E-state index contributed by atoms with van der Waals surface area (Å²) < 4.78 is 41.9. The molecular weight excluding hydrogens is 442 g/mol. The number of hydrogen-bond acceptors (Lipinski definition) is 5. The summed E-state index contributed by atoms with van der Waals surface area (Å²) >= 11 is 0. The second kappa shape index (κ2) is 8.68. The van der Waals surface area contributed by atoms with Crippen LogP contribution in [0.3, 0.4) is 0 Å². The van der Waals surface area contributed by atoms with E-state index in [0.29, 0.717) is 24.6 Å². The van der Waals surface area contributed by atoms with Crippen molar-refractivity contribution in [3.8, 4) is 11.4 Å². The average molecular weight is 466 g/mol. The third kappa shape index (κ3) is 3.68. The smallest absolute Gasteiger partial charge is 0.270 e. The predicted octanol–water partition coefficient (Wildman–Crippen LogP) is 4.58. The molecule has 0 unspecified atom stereocenters. The van der Waals surface area contributed by atoms with Gasteiger partial charge in [-0.2, -0.15) is 0 Å². The Labute approximate surface area is 194 Å². The topological polar surface area (TPSA) is 64.7 Å². The molecule has 1 fully saturated rings. The maximum Gasteiger partial charge on any atom is 0.270 e. The molecule has 0 atom stereocenters. The molecule has 0 aliphatic heterocycles. The maximum atomic E-state index is 14.8. The van der Waals surface area contributed by atoms with E-state index in [4.69, 9.17) is 9.15 Å². The van der Waals surface area contributed by atoms with Gasteiger partial charge in [0.1, 0.15) is 17.6 Å². The van der Waals surface area contributed by atoms with Gasteiger partial charge in [-0.25, -0.2) is 8.78 Å². The summed E-state index contributed by atoms with van der Waals surface area (Å²) in [7, 11) is 3.85. The maximum absolute atomic E-state index is 14.8. The van der Waals surface area contributed by atoms with Crippen molar-refractivity contribution in [1.82, 2.24) is 9.47 Å². The molecule has 4 aromatic rings. The highest BCUT2D eigenvalue weighted by Gasteiger charge is 2.28. The normalized spacial score (nSPS) is 14.1. The van der Waals surface area contributed by atoms with E-state index in [-0.39, 0.29) is 33.5 Å². The highest BCUT2D eigenvalue weighted by molar-refractivity contribution is 5.92. The summed E-state index contributed by atoms with van der Waals surface area (Å²) in [5, 5.41) is -0.0145. The molecule has 2 aromatic carbocycles. The molecule has 0 radical (unpaired) electrons. The van der Waals surface area contributed by atoms with Crippen molar-refractivity contribution in [2.75, 3.05) is 27.2 Å². The number of fused-ring (bicyclic) bond motifs is 2. The van der Waals surface area contributed by atoms with Crippen LogP contribution in [0, 0.1) is 11.6 Å². The number of halogens is 2. The van der Waals surface area contributed by atoms with E-state index in [1.165, 1.54) is 12.1 Å². The monoisotopic (exact) mass is 466 g/mol. The Morgan fingerprint density at radius 3 is 2.59 bits per heavy atom. The van der Waals surface area contributed by atoms with E-state index in [1.807, 2.05) is 19.0 Å². The Bertz CT molecular complexity index is 1520. The van der Waals surface area contributed by atoms with Crippen LogP contribution in [-0.2, 0) is 0 Å². The minimum Gasteiger partial charge on any atom is -0.488 e. The summed E-state index contributed by atoms with van der Waals surface area (Å²) in [6, 6.07) is 10.2. The molecule has 0 amide bonds. The second-order valence-electron chi connectivity index (χ2n) is 8.87. The van der Waals surface area contributed by atoms with Gasteiger partial charge in [0.2, 0.25) is 5.43 Å². The zero-order valence-corrected chi connectivity index (χ0v) is 18.9. The molecule has 1 aliphatic rings. The van der Waals surface area contributed by atoms with E-state index >= 15 is 0 Å². The van der Waals surface area contributed by atoms with Gasteiger partial charge in [-0.1, -0.05) is 18.6 Å². The highest BCUT2D eigenvalue weighted by atomic mass is 19.2. The second-order valence-corrected chi connectivity index (χ2v) is 8.87. The number of para-hydroxylation sites is 1. The average Bonchev–Trinajstić information content (AvgIpc) is 2.75. The van der Waals surface area contributed by atoms with Crippen molar-refractivity contribution in [3.05, 3.63) is 80.4 Å². The lowest BCUT2D eigenvalue weighted by Gasteiger charge is -2.28. The molecule has 176 valence electrons. The zero-order chi connectivity index (χ0) is 24.0. The van der Waals surface area contributed by atoms with E-state index in [1.54, 1.807) is 24.3 Å². The fraction of sp³-hybridized carbons (Fsp3) is 0.308. The lowest BCUT2D eigenvalue weighted by Crippen LogP contribution is -2.29. The first-order chi connectivity index (χ1) is 16.4. The Morgan fingerprint density at radius 1 is 1.12 bits per heavy atom. The molecule has 1 aliphatic carbocycles. The van der Waals surface area contributed by atoms with Crippen LogP contribution in [0.2, 0.25) is 0 Å². The third-order valence-corrected chi connectivity index (χ3v) is 6.35. The summed E-state index contributed by atoms with van der Waals surface area (Å²) in [5.41, 5.74) is -0.604. The van der Waals surface area contributed by atoms with Crippen LogP contribution >= 0.6 is 0 Å². The van der Waals surface area contributed by atoms with Gasteiger partial charge in [-0.3, -0.25) is 14.2 Å². The zero-order valence-electron chi connectivity index (χ0n) is 18.9. The van der Waals surface area contributed by atoms with Crippen LogP contribution in [-0.4, -0.2) is 36.7 Å². The van der Waals surface area contributed by atoms with E-state index < -0.39 is 22.6 Å². The van der Waals surface area contributed by atoms with Crippen molar-refractivity contribution in [2.45, 2.75) is 25.2 Å². The lowest BCUT2D eigenvalue weighted by molar-refractivity contribution is 0.261. The number of hydrogen-bond donors (Lipinski definition) is 0. The number of nitrogens with zero attached hydrogens (tertiary/aromatic N) is 2. The first-order valence-corrected chi connectivity index (χ1v) is 11.2. The molecule has 2 heterocycles. The molecule has 1 saturated carbocycles. The number of ether oxygens (including phenoxy) is 1. The standard InChI is InChI=1S/C26H24F2N2O4/c1-29(2)12-13-33-20-11-4-8-16-24(31)22-21(34-25(16)20)14-19(15-6-3-7-15)30(26(22)32)18-10-5-9-17(27)23(18)28/h4-5,8-11,14-15H,3,6-7,12-13H2,1-2H3. The van der Waals surface area contributed by atoms with Crippen LogP contribution in [0.25, 0.3) is 27.6 Å². The molecule has 0 saturated heterocycles. The van der Waals surface area contributed by atoms with Crippen LogP contribution in [0.4, 0.5) is 8.78 Å². The Kier molecular flexibility index (Phi) is 5.69. The van der Waals surface area contributed by atoms with Crippen molar-refractivity contribution < 1.29 is 17.9 Å². The third-order valence-electron chi connectivity index (χ3n) is 6.35. The van der Waals surface area contributed by atoms with Crippen LogP contribution in [0.1, 0.15) is 30.9 Å². The lowest BCUT2D eigenvalue weighted by atomic mass is 9.82. The minimum atomic E-state index is -1.13. The molecule has 0 bridgehead atoms. The first-order valence-electron chi connectivity index (χ1n) is 11.2. The predicted molar refractivity (Wildman–Crippen MR) is 126 cm³/mol. The van der Waals surface area contributed by atoms with Gasteiger partial charge in [-0.15, -0.1) is 0 Å². The van der Waals surface area contributed by atoms with Gasteiger partial charge in [0.05, 0.1) is 11.1 Å². The molecule has 0 spiro atoms. The van der Waals surface area contributed by atoms with E-state index in [0.717, 1.165) is 29.9 Å². The largest absolute Gasteiger partial charge is 0.488 e. The first kappa shape index (κ1) is 22.3. The molecule has 34 heavy (non-hydrogen) atoms. The SMILES string of the molecule is CN(C)CCOc1cccc2c(=O)c3c(=O)n(-c4cccc(F)c4F)c(C4CCC4)cc3oc12. The van der Waals surface area contributed by atoms with Crippen molar-refractivity contribution in [2.24, 2.45) is 0 Å². The van der Waals surface area contributed by atoms with Crippen LogP contribution in [0.5, 0.6) is 5.75 Å². The summed E-state index contributed by atoms with van der Waals surface area (Å²) in [4.78, 5) is 29.0. The van der Waals surface area contributed by atoms with E-state index in [9.17, 15) is 18.4 Å². The quantitative estimate of drug-likeness (QED) is 0.389. The number of aromatic nitrogens is 1. The van der Waals surface area contributed by atoms with Gasteiger partial charge < -0.3 is 14.1 Å². The van der Waals surface area contributed by atoms with Gasteiger partial charge in [-0.05, 0) is 57.1 Å². The number of rotatable bonds is 6. The Balaban J connectivity index is 1.79. The highest BCUT2D eigenvalue weighted by Crippen LogP contribution is 2.38. The van der Waals surface area contributed by atoms with Crippen molar-refractivity contribution >= 4 is 21.9 Å². The molecule has 8 heteroatoms. The molecular formula is C26H24F2N2O4. The fourth-order valence-corrected chi connectivity index (χ4v) is 4.31. The number of benzene rings is 2. The van der Waals surface area contributed by atoms with Crippen molar-refractivity contribution in [1.29, 1.82) is 0 Å². The Hall–Kier alpha value is -3.52. The van der Waals surface area contributed by atoms with Gasteiger partial charge in [0, 0.05) is 18.3 Å². The number of pyridine rings is 1. The van der Waals surface area contributed by atoms with Crippen LogP contribution < -0.4 is 15.7 Å². The Morgan fingerprint density at radius 2 is 1.88 bits per heavy atom. The van der Waals surface area contributed by atoms with Gasteiger partial charge in [0.25, 0.3) is 5.56 Å². The van der Waals surface area contributed by atoms with Gasteiger partial charge in [0.15, 0.2) is 23.0 Å². The minimum absolute atomic E-state index is 0.0210.